The molecule has 0 aromatic heterocycles. The van der Waals surface area contributed by atoms with E-state index in [0.717, 1.165) is 38.2 Å². The molecule has 0 saturated heterocycles. The van der Waals surface area contributed by atoms with Crippen LogP contribution in [0.3, 0.4) is 0 Å². The Morgan fingerprint density at radius 2 is 1.95 bits per heavy atom. The molecule has 116 valence electrons. The molecule has 5 heteroatoms. The molecule has 0 atom stereocenters. The fourth-order valence-electron chi connectivity index (χ4n) is 3.12. The van der Waals surface area contributed by atoms with Crippen LogP contribution in [0.5, 0.6) is 0 Å². The van der Waals surface area contributed by atoms with Gasteiger partial charge in [-0.05, 0) is 18.9 Å². The quantitative estimate of drug-likeness (QED) is 0.928. The molecule has 1 saturated carbocycles. The Hall–Kier alpha value is -1.49. The third-order valence-electron chi connectivity index (χ3n) is 4.42. The van der Waals surface area contributed by atoms with Gasteiger partial charge in [-0.15, -0.1) is 0 Å². The molecule has 2 N–H and O–H groups in total. The molecule has 0 aliphatic heterocycles. The summed E-state index contributed by atoms with van der Waals surface area (Å²) in [6, 6.07) is 3.42. The molecule has 2 rings (SSSR count). The van der Waals surface area contributed by atoms with E-state index in [0.29, 0.717) is 12.1 Å². The number of amides is 1. The van der Waals surface area contributed by atoms with Crippen LogP contribution in [0.2, 0.25) is 0 Å². The molecule has 0 spiro atoms. The summed E-state index contributed by atoms with van der Waals surface area (Å²) in [4.78, 5) is 14.2. The first-order valence-corrected chi connectivity index (χ1v) is 7.38. The summed E-state index contributed by atoms with van der Waals surface area (Å²) in [5.41, 5.74) is 5.65. The van der Waals surface area contributed by atoms with Gasteiger partial charge in [-0.2, -0.15) is 0 Å². The van der Waals surface area contributed by atoms with Crippen molar-refractivity contribution in [2.75, 3.05) is 13.6 Å². The normalized spacial score (nSPS) is 17.5. The van der Waals surface area contributed by atoms with Gasteiger partial charge in [0, 0.05) is 31.8 Å². The molecule has 0 bridgehead atoms. The molecule has 1 aliphatic carbocycles. The van der Waals surface area contributed by atoms with E-state index in [1.807, 2.05) is 0 Å². The first-order valence-electron chi connectivity index (χ1n) is 7.38. The number of rotatable bonds is 4. The van der Waals surface area contributed by atoms with E-state index in [1.54, 1.807) is 7.05 Å². The predicted molar refractivity (Wildman–Crippen MR) is 77.4 cm³/mol. The minimum Gasteiger partial charge on any atom is -0.341 e. The van der Waals surface area contributed by atoms with Gasteiger partial charge in [0.25, 0.3) is 0 Å². The lowest BCUT2D eigenvalue weighted by Crippen LogP contribution is -2.47. The van der Waals surface area contributed by atoms with E-state index >= 15 is 0 Å². The minimum atomic E-state index is -0.625. The van der Waals surface area contributed by atoms with E-state index in [9.17, 15) is 13.6 Å². The molecule has 21 heavy (non-hydrogen) atoms. The summed E-state index contributed by atoms with van der Waals surface area (Å²) in [7, 11) is 1.65. The zero-order valence-corrected chi connectivity index (χ0v) is 12.4. The van der Waals surface area contributed by atoms with Gasteiger partial charge in [0.2, 0.25) is 5.91 Å². The Balaban J connectivity index is 2.11. The van der Waals surface area contributed by atoms with E-state index in [1.165, 1.54) is 17.0 Å². The molecule has 3 nitrogen and oxygen atoms in total. The highest BCUT2D eigenvalue weighted by Crippen LogP contribution is 2.37. The lowest BCUT2D eigenvalue weighted by atomic mass is 9.73. The van der Waals surface area contributed by atoms with Crippen molar-refractivity contribution in [3.05, 3.63) is 35.4 Å². The van der Waals surface area contributed by atoms with Crippen molar-refractivity contribution >= 4 is 5.91 Å². The maximum atomic E-state index is 13.7. The molecule has 0 unspecified atom stereocenters. The second kappa shape index (κ2) is 6.52. The second-order valence-corrected chi connectivity index (χ2v) is 5.94. The summed E-state index contributed by atoms with van der Waals surface area (Å²) in [5, 5.41) is 0. The number of benzene rings is 1. The summed E-state index contributed by atoms with van der Waals surface area (Å²) < 4.78 is 26.6. The third-order valence-corrected chi connectivity index (χ3v) is 4.42. The van der Waals surface area contributed by atoms with Crippen LogP contribution in [0.4, 0.5) is 8.78 Å². The summed E-state index contributed by atoms with van der Waals surface area (Å²) in [5.74, 6) is -1.27. The maximum Gasteiger partial charge on any atom is 0.230 e. The lowest BCUT2D eigenvalue weighted by molar-refractivity contribution is -0.142. The maximum absolute atomic E-state index is 13.7. The van der Waals surface area contributed by atoms with Crippen molar-refractivity contribution in [3.8, 4) is 0 Å². The fraction of sp³-hybridized carbons (Fsp3) is 0.562. The molecule has 1 aromatic rings. The van der Waals surface area contributed by atoms with Gasteiger partial charge < -0.3 is 10.6 Å². The predicted octanol–water partition coefficient (Wildman–Crippen LogP) is 2.83. The summed E-state index contributed by atoms with van der Waals surface area (Å²) in [6.07, 6.45) is 4.71. The smallest absolute Gasteiger partial charge is 0.230 e. The molecular weight excluding hydrogens is 274 g/mol. The molecular formula is C16H22F2N2O. The van der Waals surface area contributed by atoms with Crippen molar-refractivity contribution in [1.82, 2.24) is 4.90 Å². The molecule has 1 aliphatic rings. The standard InChI is InChI=1S/C16H22F2N2O/c1-20(10-12-5-6-13(17)9-14(12)18)15(21)16(11-19)7-3-2-4-8-16/h5-6,9H,2-4,7-8,10-11,19H2,1H3. The number of nitrogens with zero attached hydrogens (tertiary/aromatic N) is 1. The molecule has 0 heterocycles. The van der Waals surface area contributed by atoms with Gasteiger partial charge in [-0.1, -0.05) is 25.3 Å². The van der Waals surface area contributed by atoms with Crippen LogP contribution in [0, 0.1) is 17.0 Å². The van der Waals surface area contributed by atoms with Crippen molar-refractivity contribution in [1.29, 1.82) is 0 Å². The van der Waals surface area contributed by atoms with Crippen LogP contribution in [0.1, 0.15) is 37.7 Å². The van der Waals surface area contributed by atoms with E-state index < -0.39 is 17.0 Å². The Kier molecular flexibility index (Phi) is 4.93. The first-order chi connectivity index (χ1) is 9.98. The molecule has 1 aromatic carbocycles. The highest BCUT2D eigenvalue weighted by atomic mass is 19.1. The van der Waals surface area contributed by atoms with Gasteiger partial charge in [-0.3, -0.25) is 4.79 Å². The third kappa shape index (κ3) is 3.40. The topological polar surface area (TPSA) is 46.3 Å². The van der Waals surface area contributed by atoms with Gasteiger partial charge in [0.1, 0.15) is 11.6 Å². The van der Waals surface area contributed by atoms with Crippen LogP contribution in [-0.4, -0.2) is 24.4 Å². The van der Waals surface area contributed by atoms with Gasteiger partial charge in [0.15, 0.2) is 0 Å². The monoisotopic (exact) mass is 296 g/mol. The van der Waals surface area contributed by atoms with Crippen molar-refractivity contribution in [2.45, 2.75) is 38.6 Å². The van der Waals surface area contributed by atoms with Crippen LogP contribution in [0.25, 0.3) is 0 Å². The van der Waals surface area contributed by atoms with E-state index in [4.69, 9.17) is 5.73 Å². The van der Waals surface area contributed by atoms with E-state index in [2.05, 4.69) is 0 Å². The van der Waals surface area contributed by atoms with Gasteiger partial charge >= 0.3 is 0 Å². The average Bonchev–Trinajstić information content (AvgIpc) is 2.50. The zero-order chi connectivity index (χ0) is 15.5. The SMILES string of the molecule is CN(Cc1ccc(F)cc1F)C(=O)C1(CN)CCCCC1. The number of carbonyl (C=O) groups is 1. The Labute approximate surface area is 124 Å². The Bertz CT molecular complexity index is 513. The molecule has 1 amide bonds. The number of hydrogen-bond acceptors (Lipinski definition) is 2. The fourth-order valence-corrected chi connectivity index (χ4v) is 3.12. The molecule has 0 radical (unpaired) electrons. The van der Waals surface area contributed by atoms with Crippen LogP contribution in [-0.2, 0) is 11.3 Å². The number of nitrogens with two attached hydrogens (primary N) is 1. The van der Waals surface area contributed by atoms with Gasteiger partial charge in [-0.25, -0.2) is 8.78 Å². The summed E-state index contributed by atoms with van der Waals surface area (Å²) in [6.45, 7) is 0.453. The average molecular weight is 296 g/mol. The van der Waals surface area contributed by atoms with Crippen molar-refractivity contribution < 1.29 is 13.6 Å². The lowest BCUT2D eigenvalue weighted by Gasteiger charge is -2.37. The van der Waals surface area contributed by atoms with Gasteiger partial charge in [0.05, 0.1) is 5.41 Å². The van der Waals surface area contributed by atoms with Crippen LogP contribution in [0.15, 0.2) is 18.2 Å². The minimum absolute atomic E-state index is 0.0339. The zero-order valence-electron chi connectivity index (χ0n) is 12.4. The number of hydrogen-bond donors (Lipinski definition) is 1. The number of halogens is 2. The number of carbonyl (C=O) groups excluding carboxylic acids is 1. The second-order valence-electron chi connectivity index (χ2n) is 5.94. The van der Waals surface area contributed by atoms with Crippen molar-refractivity contribution in [3.63, 3.8) is 0 Å². The van der Waals surface area contributed by atoms with Crippen LogP contribution >= 0.6 is 0 Å². The Morgan fingerprint density at radius 1 is 1.29 bits per heavy atom. The highest BCUT2D eigenvalue weighted by Gasteiger charge is 2.39. The highest BCUT2D eigenvalue weighted by molar-refractivity contribution is 5.83. The Morgan fingerprint density at radius 3 is 2.52 bits per heavy atom. The largest absolute Gasteiger partial charge is 0.341 e. The van der Waals surface area contributed by atoms with E-state index in [-0.39, 0.29) is 12.5 Å². The molecule has 1 fully saturated rings. The summed E-state index contributed by atoms with van der Waals surface area (Å²) >= 11 is 0. The van der Waals surface area contributed by atoms with Crippen molar-refractivity contribution in [2.24, 2.45) is 11.1 Å². The van der Waals surface area contributed by atoms with Crippen LogP contribution < -0.4 is 5.73 Å². The first kappa shape index (κ1) is 15.9.